The number of anilines is 2. The molecular weight excluding hydrogens is 432 g/mol. The van der Waals surface area contributed by atoms with Crippen molar-refractivity contribution < 1.29 is 14.3 Å². The zero-order chi connectivity index (χ0) is 23.4. The third-order valence-corrected chi connectivity index (χ3v) is 6.44. The van der Waals surface area contributed by atoms with Crippen LogP contribution in [0, 0.1) is 6.92 Å². The molecule has 1 N–H and O–H groups in total. The second-order valence-corrected chi connectivity index (χ2v) is 8.71. The largest absolute Gasteiger partial charge is 0.494 e. The molecule has 0 spiro atoms. The number of para-hydroxylation sites is 1. The molecular formula is C27H26N2O3S. The topological polar surface area (TPSA) is 58.6 Å². The Bertz CT molecular complexity index is 1200. The van der Waals surface area contributed by atoms with Crippen LogP contribution >= 0.6 is 11.8 Å². The smallest absolute Gasteiger partial charge is 0.283 e. The Hall–Kier alpha value is -3.51. The number of amides is 2. The number of nitrogens with zero attached hydrogens (tertiary/aromatic N) is 1. The van der Waals surface area contributed by atoms with Crippen LogP contribution < -0.4 is 15.0 Å². The van der Waals surface area contributed by atoms with Crippen LogP contribution in [0.4, 0.5) is 11.4 Å². The van der Waals surface area contributed by atoms with Gasteiger partial charge in [0.1, 0.15) is 16.4 Å². The number of carbonyl (C=O) groups excluding carboxylic acids is 2. The van der Waals surface area contributed by atoms with Gasteiger partial charge >= 0.3 is 0 Å². The van der Waals surface area contributed by atoms with Crippen molar-refractivity contribution >= 4 is 35.0 Å². The quantitative estimate of drug-likeness (QED) is 0.423. The van der Waals surface area contributed by atoms with Crippen molar-refractivity contribution in [3.63, 3.8) is 0 Å². The normalized spacial score (nSPS) is 13.6. The van der Waals surface area contributed by atoms with E-state index >= 15 is 0 Å². The predicted octanol–water partition coefficient (Wildman–Crippen LogP) is 5.95. The minimum absolute atomic E-state index is 0.292. The number of imide groups is 1. The number of benzene rings is 3. The molecule has 168 valence electrons. The molecule has 0 radical (unpaired) electrons. The number of ether oxygens (including phenoxy) is 1. The third kappa shape index (κ3) is 4.81. The highest BCUT2D eigenvalue weighted by Crippen LogP contribution is 2.38. The van der Waals surface area contributed by atoms with Crippen LogP contribution in [0.15, 0.2) is 88.3 Å². The SMILES string of the molecule is CCOc1ccc(N2C(=O)C(Nc3ccccc3CC)=C(Sc3ccc(C)cc3)C2=O)cc1. The van der Waals surface area contributed by atoms with Crippen molar-refractivity contribution in [3.8, 4) is 5.75 Å². The van der Waals surface area contributed by atoms with E-state index in [2.05, 4.69) is 12.2 Å². The van der Waals surface area contributed by atoms with Crippen molar-refractivity contribution in [1.29, 1.82) is 0 Å². The van der Waals surface area contributed by atoms with Gasteiger partial charge in [-0.1, -0.05) is 54.6 Å². The highest BCUT2D eigenvalue weighted by Gasteiger charge is 2.40. The minimum atomic E-state index is -0.371. The molecule has 0 bridgehead atoms. The summed E-state index contributed by atoms with van der Waals surface area (Å²) in [5.74, 6) is -0.0197. The van der Waals surface area contributed by atoms with Gasteiger partial charge in [0.05, 0.1) is 12.3 Å². The van der Waals surface area contributed by atoms with Gasteiger partial charge < -0.3 is 10.1 Å². The Kier molecular flexibility index (Phi) is 6.84. The fourth-order valence-corrected chi connectivity index (χ4v) is 4.54. The van der Waals surface area contributed by atoms with Crippen LogP contribution in [-0.4, -0.2) is 18.4 Å². The van der Waals surface area contributed by atoms with Crippen LogP contribution in [0.1, 0.15) is 25.0 Å². The summed E-state index contributed by atoms with van der Waals surface area (Å²) in [6, 6.07) is 22.7. The number of rotatable bonds is 8. The first-order chi connectivity index (χ1) is 16.0. The first-order valence-electron chi connectivity index (χ1n) is 11.0. The van der Waals surface area contributed by atoms with Gasteiger partial charge in [-0.15, -0.1) is 0 Å². The van der Waals surface area contributed by atoms with Crippen molar-refractivity contribution in [3.05, 3.63) is 94.5 Å². The summed E-state index contributed by atoms with van der Waals surface area (Å²) in [5, 5.41) is 3.28. The maximum absolute atomic E-state index is 13.5. The van der Waals surface area contributed by atoms with Crippen molar-refractivity contribution in [2.75, 3.05) is 16.8 Å². The van der Waals surface area contributed by atoms with Gasteiger partial charge in [0.15, 0.2) is 0 Å². The molecule has 0 saturated heterocycles. The maximum atomic E-state index is 13.5. The predicted molar refractivity (Wildman–Crippen MR) is 134 cm³/mol. The molecule has 33 heavy (non-hydrogen) atoms. The van der Waals surface area contributed by atoms with E-state index in [1.165, 1.54) is 16.7 Å². The number of nitrogens with one attached hydrogen (secondary N) is 1. The average molecular weight is 459 g/mol. The molecule has 0 fully saturated rings. The molecule has 0 aromatic heterocycles. The summed E-state index contributed by atoms with van der Waals surface area (Å²) in [7, 11) is 0. The van der Waals surface area contributed by atoms with Gasteiger partial charge in [-0.05, 0) is 68.3 Å². The van der Waals surface area contributed by atoms with Gasteiger partial charge in [0, 0.05) is 10.6 Å². The Morgan fingerprint density at radius 2 is 1.58 bits per heavy atom. The Labute approximate surface area is 198 Å². The summed E-state index contributed by atoms with van der Waals surface area (Å²) in [6.45, 7) is 6.53. The highest BCUT2D eigenvalue weighted by atomic mass is 32.2. The van der Waals surface area contributed by atoms with Crippen molar-refractivity contribution in [2.45, 2.75) is 32.1 Å². The number of thioether (sulfide) groups is 1. The molecule has 0 unspecified atom stereocenters. The van der Waals surface area contributed by atoms with Crippen LogP contribution in [0.2, 0.25) is 0 Å². The lowest BCUT2D eigenvalue weighted by atomic mass is 10.1. The van der Waals surface area contributed by atoms with E-state index in [4.69, 9.17) is 4.74 Å². The molecule has 2 amide bonds. The molecule has 4 rings (SSSR count). The van der Waals surface area contributed by atoms with Gasteiger partial charge in [-0.3, -0.25) is 9.59 Å². The highest BCUT2D eigenvalue weighted by molar-refractivity contribution is 8.04. The Morgan fingerprint density at radius 1 is 0.879 bits per heavy atom. The number of hydrogen-bond acceptors (Lipinski definition) is 5. The first-order valence-corrected chi connectivity index (χ1v) is 11.8. The number of carbonyl (C=O) groups is 2. The van der Waals surface area contributed by atoms with Gasteiger partial charge in [-0.25, -0.2) is 4.90 Å². The Balaban J connectivity index is 1.72. The fraction of sp³-hybridized carbons (Fsp3) is 0.185. The standard InChI is InChI=1S/C27H26N2O3S/c1-4-19-8-6-7-9-23(19)28-24-25(33-22-16-10-18(3)11-17-22)27(31)29(26(24)30)20-12-14-21(15-13-20)32-5-2/h6-17,28H,4-5H2,1-3H3. The molecule has 3 aromatic carbocycles. The summed E-state index contributed by atoms with van der Waals surface area (Å²) in [6.07, 6.45) is 0.807. The fourth-order valence-electron chi connectivity index (χ4n) is 3.62. The first kappa shape index (κ1) is 22.7. The van der Waals surface area contributed by atoms with E-state index in [9.17, 15) is 9.59 Å². The van der Waals surface area contributed by atoms with Crippen molar-refractivity contribution in [1.82, 2.24) is 0 Å². The maximum Gasteiger partial charge on any atom is 0.283 e. The number of hydrogen-bond donors (Lipinski definition) is 1. The minimum Gasteiger partial charge on any atom is -0.494 e. The van der Waals surface area contributed by atoms with E-state index in [0.29, 0.717) is 28.6 Å². The summed E-state index contributed by atoms with van der Waals surface area (Å²) in [4.78, 5) is 29.5. The monoisotopic (exact) mass is 458 g/mol. The molecule has 0 saturated carbocycles. The molecule has 1 heterocycles. The zero-order valence-electron chi connectivity index (χ0n) is 18.9. The van der Waals surface area contributed by atoms with E-state index in [-0.39, 0.29) is 11.8 Å². The lowest BCUT2D eigenvalue weighted by Crippen LogP contribution is -2.32. The van der Waals surface area contributed by atoms with Crippen LogP contribution in [0.25, 0.3) is 0 Å². The molecule has 6 heteroatoms. The van der Waals surface area contributed by atoms with E-state index in [1.54, 1.807) is 24.3 Å². The summed E-state index contributed by atoms with van der Waals surface area (Å²) in [5.41, 5.74) is 3.83. The van der Waals surface area contributed by atoms with Gasteiger partial charge in [0.25, 0.3) is 11.8 Å². The third-order valence-electron chi connectivity index (χ3n) is 5.35. The van der Waals surface area contributed by atoms with E-state index in [1.807, 2.05) is 62.4 Å². The molecule has 1 aliphatic heterocycles. The van der Waals surface area contributed by atoms with Gasteiger partial charge in [-0.2, -0.15) is 0 Å². The molecule has 5 nitrogen and oxygen atoms in total. The average Bonchev–Trinajstić information content (AvgIpc) is 3.05. The molecule has 0 atom stereocenters. The Morgan fingerprint density at radius 3 is 2.24 bits per heavy atom. The van der Waals surface area contributed by atoms with E-state index in [0.717, 1.165) is 28.1 Å². The lowest BCUT2D eigenvalue weighted by molar-refractivity contribution is -0.120. The second kappa shape index (κ2) is 9.96. The molecule has 0 aliphatic carbocycles. The van der Waals surface area contributed by atoms with Crippen LogP contribution in [0.5, 0.6) is 5.75 Å². The van der Waals surface area contributed by atoms with Crippen LogP contribution in [0.3, 0.4) is 0 Å². The zero-order valence-corrected chi connectivity index (χ0v) is 19.7. The van der Waals surface area contributed by atoms with Gasteiger partial charge in [0.2, 0.25) is 0 Å². The number of aryl methyl sites for hydroxylation is 2. The second-order valence-electron chi connectivity index (χ2n) is 7.63. The van der Waals surface area contributed by atoms with E-state index < -0.39 is 0 Å². The lowest BCUT2D eigenvalue weighted by Gasteiger charge is -2.16. The summed E-state index contributed by atoms with van der Waals surface area (Å²) >= 11 is 1.30. The molecule has 1 aliphatic rings. The van der Waals surface area contributed by atoms with Crippen molar-refractivity contribution in [2.24, 2.45) is 0 Å². The molecule has 3 aromatic rings. The summed E-state index contributed by atoms with van der Waals surface area (Å²) < 4.78 is 5.50. The van der Waals surface area contributed by atoms with Crippen LogP contribution in [-0.2, 0) is 16.0 Å².